The lowest BCUT2D eigenvalue weighted by atomic mass is 9.86. The summed E-state index contributed by atoms with van der Waals surface area (Å²) in [5.74, 6) is 3.72. The lowest BCUT2D eigenvalue weighted by Crippen LogP contribution is -2.24. The number of ether oxygens (including phenoxy) is 1. The smallest absolute Gasteiger partial charge is 0.122 e. The lowest BCUT2D eigenvalue weighted by Gasteiger charge is -2.29. The molecule has 1 N–H and O–H groups in total. The van der Waals surface area contributed by atoms with Crippen LogP contribution in [0.5, 0.6) is 5.75 Å². The van der Waals surface area contributed by atoms with Crippen molar-refractivity contribution in [3.05, 3.63) is 29.8 Å². The largest absolute Gasteiger partial charge is 0.493 e. The molecule has 0 radical (unpaired) electrons. The van der Waals surface area contributed by atoms with Gasteiger partial charge in [0.2, 0.25) is 0 Å². The third-order valence-corrected chi connectivity index (χ3v) is 3.29. The summed E-state index contributed by atoms with van der Waals surface area (Å²) in [6.07, 6.45) is 8.18. The summed E-state index contributed by atoms with van der Waals surface area (Å²) < 4.78 is 5.59. The first-order valence-corrected chi connectivity index (χ1v) is 6.16. The monoisotopic (exact) mass is 230 g/mol. The SMILES string of the molecule is C#CCCCC(O)C1CCOc2ccccc21. The second-order valence-electron chi connectivity index (χ2n) is 4.45. The summed E-state index contributed by atoms with van der Waals surface area (Å²) in [6.45, 7) is 0.688. The standard InChI is InChI=1S/C15H18O2/c1-2-3-4-8-14(16)12-10-11-17-15-9-6-5-7-13(12)15/h1,5-7,9,12,14,16H,3-4,8,10-11H2. The van der Waals surface area contributed by atoms with Crippen molar-refractivity contribution in [2.45, 2.75) is 37.7 Å². The van der Waals surface area contributed by atoms with Gasteiger partial charge in [-0.25, -0.2) is 0 Å². The number of para-hydroxylation sites is 1. The summed E-state index contributed by atoms with van der Waals surface area (Å²) in [4.78, 5) is 0. The van der Waals surface area contributed by atoms with Gasteiger partial charge in [-0.1, -0.05) is 18.2 Å². The van der Waals surface area contributed by atoms with Crippen LogP contribution in [0, 0.1) is 12.3 Å². The minimum Gasteiger partial charge on any atom is -0.493 e. The highest BCUT2D eigenvalue weighted by Gasteiger charge is 2.26. The van der Waals surface area contributed by atoms with Gasteiger partial charge in [0.1, 0.15) is 5.75 Å². The Morgan fingerprint density at radius 3 is 3.12 bits per heavy atom. The van der Waals surface area contributed by atoms with Gasteiger partial charge in [-0.05, 0) is 30.9 Å². The molecule has 2 unspecified atom stereocenters. The fraction of sp³-hybridized carbons (Fsp3) is 0.467. The molecule has 1 heterocycles. The Morgan fingerprint density at radius 2 is 2.29 bits per heavy atom. The quantitative estimate of drug-likeness (QED) is 0.636. The van der Waals surface area contributed by atoms with Crippen molar-refractivity contribution < 1.29 is 9.84 Å². The highest BCUT2D eigenvalue weighted by Crippen LogP contribution is 2.36. The zero-order chi connectivity index (χ0) is 12.1. The molecule has 1 aliphatic heterocycles. The number of aliphatic hydroxyl groups is 1. The molecule has 1 aromatic carbocycles. The molecule has 0 saturated heterocycles. The predicted octanol–water partition coefficient (Wildman–Crippen LogP) is 2.72. The molecule has 2 heteroatoms. The Balaban J connectivity index is 2.05. The second-order valence-corrected chi connectivity index (χ2v) is 4.45. The molecule has 0 bridgehead atoms. The average Bonchev–Trinajstić information content (AvgIpc) is 2.38. The molecule has 0 aromatic heterocycles. The van der Waals surface area contributed by atoms with Gasteiger partial charge in [0.15, 0.2) is 0 Å². The van der Waals surface area contributed by atoms with Crippen molar-refractivity contribution >= 4 is 0 Å². The van der Waals surface area contributed by atoms with Crippen LogP contribution in [0.1, 0.15) is 37.2 Å². The van der Waals surface area contributed by atoms with Crippen LogP contribution >= 0.6 is 0 Å². The minimum absolute atomic E-state index is 0.192. The van der Waals surface area contributed by atoms with Gasteiger partial charge in [0, 0.05) is 12.3 Å². The highest BCUT2D eigenvalue weighted by atomic mass is 16.5. The third kappa shape index (κ3) is 2.81. The van der Waals surface area contributed by atoms with E-state index in [2.05, 4.69) is 5.92 Å². The first kappa shape index (κ1) is 12.0. The van der Waals surface area contributed by atoms with Crippen LogP contribution in [0.15, 0.2) is 24.3 Å². The Kier molecular flexibility index (Phi) is 4.06. The Hall–Kier alpha value is -1.46. The number of unbranched alkanes of at least 4 members (excludes halogenated alkanes) is 1. The second kappa shape index (κ2) is 5.75. The molecule has 0 saturated carbocycles. The highest BCUT2D eigenvalue weighted by molar-refractivity contribution is 5.38. The van der Waals surface area contributed by atoms with Gasteiger partial charge in [-0.15, -0.1) is 12.3 Å². The van der Waals surface area contributed by atoms with E-state index in [1.807, 2.05) is 24.3 Å². The van der Waals surface area contributed by atoms with Gasteiger partial charge in [-0.2, -0.15) is 0 Å². The van der Waals surface area contributed by atoms with Crippen LogP contribution in [0.4, 0.5) is 0 Å². The van der Waals surface area contributed by atoms with Crippen LogP contribution < -0.4 is 4.74 Å². The number of hydrogen-bond acceptors (Lipinski definition) is 2. The molecule has 17 heavy (non-hydrogen) atoms. The maximum Gasteiger partial charge on any atom is 0.122 e. The van der Waals surface area contributed by atoms with E-state index in [1.165, 1.54) is 0 Å². The first-order chi connectivity index (χ1) is 8.33. The van der Waals surface area contributed by atoms with Crippen molar-refractivity contribution in [3.8, 4) is 18.1 Å². The molecular formula is C15H18O2. The van der Waals surface area contributed by atoms with Crippen molar-refractivity contribution in [1.82, 2.24) is 0 Å². The zero-order valence-corrected chi connectivity index (χ0v) is 9.93. The van der Waals surface area contributed by atoms with Gasteiger partial charge in [0.25, 0.3) is 0 Å². The Bertz CT molecular complexity index is 406. The fourth-order valence-electron chi connectivity index (χ4n) is 2.38. The van der Waals surface area contributed by atoms with E-state index in [1.54, 1.807) is 0 Å². The van der Waals surface area contributed by atoms with Crippen LogP contribution in [-0.4, -0.2) is 17.8 Å². The number of fused-ring (bicyclic) bond motifs is 1. The molecule has 2 rings (SSSR count). The predicted molar refractivity (Wildman–Crippen MR) is 68.0 cm³/mol. The van der Waals surface area contributed by atoms with Crippen LogP contribution in [0.2, 0.25) is 0 Å². The summed E-state index contributed by atoms with van der Waals surface area (Å²) >= 11 is 0. The Morgan fingerprint density at radius 1 is 1.47 bits per heavy atom. The van der Waals surface area contributed by atoms with Crippen LogP contribution in [0.25, 0.3) is 0 Å². The van der Waals surface area contributed by atoms with Crippen LogP contribution in [-0.2, 0) is 0 Å². The molecule has 0 aliphatic carbocycles. The maximum atomic E-state index is 10.2. The number of terminal acetylenes is 1. The fourth-order valence-corrected chi connectivity index (χ4v) is 2.38. The maximum absolute atomic E-state index is 10.2. The minimum atomic E-state index is -0.312. The number of hydrogen-bond donors (Lipinski definition) is 1. The molecule has 1 aliphatic rings. The molecular weight excluding hydrogens is 212 g/mol. The van der Waals surface area contributed by atoms with Crippen molar-refractivity contribution in [1.29, 1.82) is 0 Å². The summed E-state index contributed by atoms with van der Waals surface area (Å²) in [7, 11) is 0. The zero-order valence-electron chi connectivity index (χ0n) is 9.93. The molecule has 0 spiro atoms. The van der Waals surface area contributed by atoms with E-state index in [0.717, 1.165) is 37.0 Å². The summed E-state index contributed by atoms with van der Waals surface area (Å²) in [6, 6.07) is 7.97. The van der Waals surface area contributed by atoms with E-state index in [-0.39, 0.29) is 12.0 Å². The third-order valence-electron chi connectivity index (χ3n) is 3.29. The van der Waals surface area contributed by atoms with Gasteiger partial charge < -0.3 is 9.84 Å². The van der Waals surface area contributed by atoms with E-state index in [4.69, 9.17) is 11.2 Å². The van der Waals surface area contributed by atoms with Gasteiger partial charge >= 0.3 is 0 Å². The molecule has 2 nitrogen and oxygen atoms in total. The van der Waals surface area contributed by atoms with Crippen molar-refractivity contribution in [2.75, 3.05) is 6.61 Å². The molecule has 0 amide bonds. The molecule has 1 aromatic rings. The van der Waals surface area contributed by atoms with Crippen LogP contribution in [0.3, 0.4) is 0 Å². The Labute approximate surface area is 103 Å². The number of rotatable bonds is 4. The first-order valence-electron chi connectivity index (χ1n) is 6.16. The number of benzene rings is 1. The lowest BCUT2D eigenvalue weighted by molar-refractivity contribution is 0.107. The molecule has 2 atom stereocenters. The summed E-state index contributed by atoms with van der Waals surface area (Å²) in [5.41, 5.74) is 1.13. The van der Waals surface area contributed by atoms with E-state index in [0.29, 0.717) is 6.61 Å². The molecule has 90 valence electrons. The van der Waals surface area contributed by atoms with E-state index < -0.39 is 0 Å². The molecule has 0 fully saturated rings. The topological polar surface area (TPSA) is 29.5 Å². The normalized spacial score (nSPS) is 19.9. The van der Waals surface area contributed by atoms with Gasteiger partial charge in [0.05, 0.1) is 12.7 Å². The van der Waals surface area contributed by atoms with Crippen molar-refractivity contribution in [3.63, 3.8) is 0 Å². The van der Waals surface area contributed by atoms with E-state index in [9.17, 15) is 5.11 Å². The summed E-state index contributed by atoms with van der Waals surface area (Å²) in [5, 5.41) is 10.2. The number of aliphatic hydroxyl groups excluding tert-OH is 1. The van der Waals surface area contributed by atoms with Crippen molar-refractivity contribution in [2.24, 2.45) is 0 Å². The average molecular weight is 230 g/mol. The van der Waals surface area contributed by atoms with Gasteiger partial charge in [-0.3, -0.25) is 0 Å². The van der Waals surface area contributed by atoms with E-state index >= 15 is 0 Å².